The fourth-order valence-corrected chi connectivity index (χ4v) is 3.19. The number of hydrogen-bond donors (Lipinski definition) is 0. The van der Waals surface area contributed by atoms with Gasteiger partial charge in [-0.1, -0.05) is 0 Å². The standard InChI is InChI=1S/C13H12BrN3S/c1-7-4-12-16-11(6-17(12)5-10(7)14)13-8(2)15-9(3)18-13/h4-6H,1-3H3. The number of halogens is 1. The van der Waals surface area contributed by atoms with E-state index in [1.165, 1.54) is 5.56 Å². The second-order valence-electron chi connectivity index (χ2n) is 4.34. The fraction of sp³-hybridized carbons (Fsp3) is 0.231. The third-order valence-corrected chi connectivity index (χ3v) is 4.80. The maximum absolute atomic E-state index is 4.67. The summed E-state index contributed by atoms with van der Waals surface area (Å²) in [5, 5.41) is 1.08. The Labute approximate surface area is 118 Å². The van der Waals surface area contributed by atoms with E-state index in [2.05, 4.69) is 45.1 Å². The smallest absolute Gasteiger partial charge is 0.137 e. The zero-order valence-electron chi connectivity index (χ0n) is 10.4. The van der Waals surface area contributed by atoms with Crippen molar-refractivity contribution in [3.05, 3.63) is 39.2 Å². The van der Waals surface area contributed by atoms with Crippen LogP contribution >= 0.6 is 27.3 Å². The van der Waals surface area contributed by atoms with E-state index in [0.29, 0.717) is 0 Å². The van der Waals surface area contributed by atoms with Gasteiger partial charge in [-0.05, 0) is 48.3 Å². The lowest BCUT2D eigenvalue weighted by atomic mass is 10.3. The SMILES string of the molecule is Cc1nc(C)c(-c2cn3cc(Br)c(C)cc3n2)s1. The van der Waals surface area contributed by atoms with Gasteiger partial charge >= 0.3 is 0 Å². The maximum Gasteiger partial charge on any atom is 0.137 e. The highest BCUT2D eigenvalue weighted by molar-refractivity contribution is 9.10. The number of fused-ring (bicyclic) bond motifs is 1. The number of thiazole rings is 1. The molecule has 0 aliphatic heterocycles. The van der Waals surface area contributed by atoms with Crippen LogP contribution in [0.2, 0.25) is 0 Å². The predicted molar refractivity (Wildman–Crippen MR) is 78.2 cm³/mol. The molecule has 3 rings (SSSR count). The molecular weight excluding hydrogens is 310 g/mol. The van der Waals surface area contributed by atoms with Crippen LogP contribution in [0.3, 0.4) is 0 Å². The molecular formula is C13H12BrN3S. The summed E-state index contributed by atoms with van der Waals surface area (Å²) in [5.41, 5.74) is 4.21. The molecule has 92 valence electrons. The number of rotatable bonds is 1. The summed E-state index contributed by atoms with van der Waals surface area (Å²) in [5.74, 6) is 0. The lowest BCUT2D eigenvalue weighted by Gasteiger charge is -1.98. The van der Waals surface area contributed by atoms with Gasteiger partial charge in [0.1, 0.15) is 11.3 Å². The first-order chi connectivity index (χ1) is 8.54. The molecule has 0 bridgehead atoms. The van der Waals surface area contributed by atoms with Crippen molar-refractivity contribution in [1.29, 1.82) is 0 Å². The number of imidazole rings is 1. The molecule has 5 heteroatoms. The largest absolute Gasteiger partial charge is 0.305 e. The van der Waals surface area contributed by atoms with Crippen LogP contribution in [0, 0.1) is 20.8 Å². The third kappa shape index (κ3) is 1.87. The van der Waals surface area contributed by atoms with E-state index in [1.807, 2.05) is 24.4 Å². The first-order valence-corrected chi connectivity index (χ1v) is 7.25. The molecule has 0 saturated heterocycles. The summed E-state index contributed by atoms with van der Waals surface area (Å²) in [6, 6.07) is 2.08. The topological polar surface area (TPSA) is 30.2 Å². The van der Waals surface area contributed by atoms with Crippen LogP contribution in [0.5, 0.6) is 0 Å². The van der Waals surface area contributed by atoms with Gasteiger partial charge in [0.25, 0.3) is 0 Å². The van der Waals surface area contributed by atoms with E-state index >= 15 is 0 Å². The number of pyridine rings is 1. The Kier molecular flexibility index (Phi) is 2.75. The number of aryl methyl sites for hydroxylation is 3. The van der Waals surface area contributed by atoms with Crippen molar-refractivity contribution in [2.45, 2.75) is 20.8 Å². The molecule has 0 aromatic carbocycles. The minimum atomic E-state index is 0.969. The summed E-state index contributed by atoms with van der Waals surface area (Å²) in [6.07, 6.45) is 4.10. The van der Waals surface area contributed by atoms with E-state index in [1.54, 1.807) is 11.3 Å². The molecule has 18 heavy (non-hydrogen) atoms. The first kappa shape index (κ1) is 11.9. The number of aromatic nitrogens is 3. The fourth-order valence-electron chi connectivity index (χ4n) is 1.98. The van der Waals surface area contributed by atoms with Crippen LogP contribution in [0.4, 0.5) is 0 Å². The van der Waals surface area contributed by atoms with Gasteiger partial charge in [-0.15, -0.1) is 11.3 Å². The van der Waals surface area contributed by atoms with Crippen molar-refractivity contribution in [3.63, 3.8) is 0 Å². The zero-order chi connectivity index (χ0) is 12.9. The third-order valence-electron chi connectivity index (χ3n) is 2.87. The molecule has 3 nitrogen and oxygen atoms in total. The van der Waals surface area contributed by atoms with Crippen molar-refractivity contribution in [2.75, 3.05) is 0 Å². The molecule has 0 atom stereocenters. The minimum Gasteiger partial charge on any atom is -0.305 e. The predicted octanol–water partition coefficient (Wildman–Crippen LogP) is 4.15. The number of nitrogens with zero attached hydrogens (tertiary/aromatic N) is 3. The van der Waals surface area contributed by atoms with Crippen molar-refractivity contribution in [1.82, 2.24) is 14.4 Å². The molecule has 0 aliphatic rings. The van der Waals surface area contributed by atoms with Gasteiger partial charge in [0.2, 0.25) is 0 Å². The van der Waals surface area contributed by atoms with Crippen LogP contribution < -0.4 is 0 Å². The van der Waals surface area contributed by atoms with E-state index in [4.69, 9.17) is 0 Å². The summed E-state index contributed by atoms with van der Waals surface area (Å²) in [7, 11) is 0. The second-order valence-corrected chi connectivity index (χ2v) is 6.40. The molecule has 0 amide bonds. The Morgan fingerprint density at radius 2 is 1.94 bits per heavy atom. The molecule has 0 saturated carbocycles. The molecule has 0 spiro atoms. The second kappa shape index (κ2) is 4.17. The van der Waals surface area contributed by atoms with E-state index < -0.39 is 0 Å². The number of hydrogen-bond acceptors (Lipinski definition) is 3. The van der Waals surface area contributed by atoms with Crippen molar-refractivity contribution >= 4 is 32.9 Å². The van der Waals surface area contributed by atoms with Crippen molar-refractivity contribution < 1.29 is 0 Å². The van der Waals surface area contributed by atoms with E-state index in [9.17, 15) is 0 Å². The van der Waals surface area contributed by atoms with Crippen LogP contribution in [0.15, 0.2) is 22.9 Å². The van der Waals surface area contributed by atoms with Crippen LogP contribution in [-0.2, 0) is 0 Å². The Hall–Kier alpha value is -1.20. The van der Waals surface area contributed by atoms with Crippen LogP contribution in [0.25, 0.3) is 16.2 Å². The van der Waals surface area contributed by atoms with Gasteiger partial charge in [0, 0.05) is 16.9 Å². The van der Waals surface area contributed by atoms with Gasteiger partial charge in [0.15, 0.2) is 0 Å². The highest BCUT2D eigenvalue weighted by atomic mass is 79.9. The Morgan fingerprint density at radius 3 is 2.61 bits per heavy atom. The molecule has 0 unspecified atom stereocenters. The van der Waals surface area contributed by atoms with E-state index in [0.717, 1.165) is 31.4 Å². The molecule has 0 fully saturated rings. The Morgan fingerprint density at radius 1 is 1.17 bits per heavy atom. The summed E-state index contributed by atoms with van der Waals surface area (Å²) in [4.78, 5) is 10.3. The summed E-state index contributed by atoms with van der Waals surface area (Å²) in [6.45, 7) is 6.13. The first-order valence-electron chi connectivity index (χ1n) is 5.64. The average Bonchev–Trinajstić information content (AvgIpc) is 2.82. The molecule has 3 heterocycles. The van der Waals surface area contributed by atoms with Gasteiger partial charge in [0.05, 0.1) is 15.6 Å². The highest BCUT2D eigenvalue weighted by Crippen LogP contribution is 2.29. The monoisotopic (exact) mass is 321 g/mol. The lowest BCUT2D eigenvalue weighted by Crippen LogP contribution is -1.85. The normalized spacial score (nSPS) is 11.3. The van der Waals surface area contributed by atoms with Gasteiger partial charge < -0.3 is 4.40 Å². The quantitative estimate of drug-likeness (QED) is 0.674. The highest BCUT2D eigenvalue weighted by Gasteiger charge is 2.12. The molecule has 0 aliphatic carbocycles. The van der Waals surface area contributed by atoms with Crippen molar-refractivity contribution in [3.8, 4) is 10.6 Å². The summed E-state index contributed by atoms with van der Waals surface area (Å²) < 4.78 is 3.14. The Balaban J connectivity index is 2.22. The molecule has 3 aromatic rings. The Bertz CT molecular complexity index is 703. The van der Waals surface area contributed by atoms with Gasteiger partial charge in [-0.25, -0.2) is 9.97 Å². The van der Waals surface area contributed by atoms with Crippen LogP contribution in [-0.4, -0.2) is 14.4 Å². The van der Waals surface area contributed by atoms with Crippen molar-refractivity contribution in [2.24, 2.45) is 0 Å². The summed E-state index contributed by atoms with van der Waals surface area (Å²) >= 11 is 5.23. The maximum atomic E-state index is 4.67. The molecule has 0 radical (unpaired) electrons. The van der Waals surface area contributed by atoms with Crippen LogP contribution in [0.1, 0.15) is 16.3 Å². The zero-order valence-corrected chi connectivity index (χ0v) is 12.8. The molecule has 0 N–H and O–H groups in total. The van der Waals surface area contributed by atoms with Gasteiger partial charge in [-0.2, -0.15) is 0 Å². The van der Waals surface area contributed by atoms with E-state index in [-0.39, 0.29) is 0 Å². The minimum absolute atomic E-state index is 0.969. The average molecular weight is 322 g/mol. The molecule has 3 aromatic heterocycles. The lowest BCUT2D eigenvalue weighted by molar-refractivity contribution is 1.15. The van der Waals surface area contributed by atoms with Gasteiger partial charge in [-0.3, -0.25) is 0 Å².